The average molecular weight is 375 g/mol. The van der Waals surface area contributed by atoms with Crippen molar-refractivity contribution in [3.05, 3.63) is 28.8 Å². The fourth-order valence-corrected chi connectivity index (χ4v) is 3.63. The molecule has 0 aliphatic carbocycles. The first kappa shape index (κ1) is 21.3. The second kappa shape index (κ2) is 8.77. The minimum absolute atomic E-state index is 0.0551. The molecule has 2 rings (SSSR count). The summed E-state index contributed by atoms with van der Waals surface area (Å²) in [6.45, 7) is 13.0. The molecule has 1 aromatic carbocycles. The number of benzene rings is 1. The lowest BCUT2D eigenvalue weighted by molar-refractivity contribution is -0.139. The summed E-state index contributed by atoms with van der Waals surface area (Å²) in [5.74, 6) is 1.11. The second-order valence-electron chi connectivity index (χ2n) is 8.44. The normalized spacial score (nSPS) is 15.0. The molecule has 0 bridgehead atoms. The summed E-state index contributed by atoms with van der Waals surface area (Å²) in [6, 6.07) is 4.19. The average Bonchev–Trinajstić information content (AvgIpc) is 2.61. The Bertz CT molecular complexity index is 684. The van der Waals surface area contributed by atoms with Crippen molar-refractivity contribution in [1.82, 2.24) is 9.80 Å². The van der Waals surface area contributed by atoms with E-state index in [1.54, 1.807) is 7.11 Å². The quantitative estimate of drug-likeness (QED) is 0.794. The monoisotopic (exact) mass is 374 g/mol. The highest BCUT2D eigenvalue weighted by Crippen LogP contribution is 2.35. The van der Waals surface area contributed by atoms with Crippen LogP contribution in [0.2, 0.25) is 0 Å². The van der Waals surface area contributed by atoms with Gasteiger partial charge in [-0.3, -0.25) is 9.59 Å². The third-order valence-electron chi connectivity index (χ3n) is 5.11. The first-order valence-corrected chi connectivity index (χ1v) is 9.91. The summed E-state index contributed by atoms with van der Waals surface area (Å²) in [5.41, 5.74) is 3.15. The molecule has 27 heavy (non-hydrogen) atoms. The number of methoxy groups -OCH3 is 1. The molecular formula is C22H34N2O3. The Balaban J connectivity index is 2.11. The smallest absolute Gasteiger partial charge is 0.227 e. The van der Waals surface area contributed by atoms with E-state index in [1.807, 2.05) is 22.8 Å². The third kappa shape index (κ3) is 5.24. The number of aryl methyl sites for hydroxylation is 1. The molecule has 0 unspecified atom stereocenters. The first-order chi connectivity index (χ1) is 12.7. The fourth-order valence-electron chi connectivity index (χ4n) is 3.63. The van der Waals surface area contributed by atoms with Crippen molar-refractivity contribution >= 4 is 11.8 Å². The van der Waals surface area contributed by atoms with Gasteiger partial charge in [0, 0.05) is 43.7 Å². The van der Waals surface area contributed by atoms with Crippen molar-refractivity contribution in [3.63, 3.8) is 0 Å². The first-order valence-electron chi connectivity index (χ1n) is 9.91. The van der Waals surface area contributed by atoms with Crippen molar-refractivity contribution in [3.8, 4) is 5.75 Å². The van der Waals surface area contributed by atoms with Crippen LogP contribution in [0.5, 0.6) is 5.75 Å². The number of piperazine rings is 1. The lowest BCUT2D eigenvalue weighted by atomic mass is 9.83. The molecule has 150 valence electrons. The molecule has 1 fully saturated rings. The molecule has 2 amide bonds. The van der Waals surface area contributed by atoms with Gasteiger partial charge in [-0.25, -0.2) is 0 Å². The summed E-state index contributed by atoms with van der Waals surface area (Å²) in [6.07, 6.45) is 1.78. The number of hydrogen-bond acceptors (Lipinski definition) is 3. The van der Waals surface area contributed by atoms with Gasteiger partial charge in [-0.15, -0.1) is 0 Å². The molecule has 0 radical (unpaired) electrons. The van der Waals surface area contributed by atoms with Gasteiger partial charge < -0.3 is 14.5 Å². The van der Waals surface area contributed by atoms with Crippen LogP contribution in [0.4, 0.5) is 0 Å². The third-order valence-corrected chi connectivity index (χ3v) is 5.11. The highest BCUT2D eigenvalue weighted by Gasteiger charge is 2.26. The van der Waals surface area contributed by atoms with Crippen LogP contribution in [0.3, 0.4) is 0 Å². The molecule has 5 nitrogen and oxygen atoms in total. The highest BCUT2D eigenvalue weighted by atomic mass is 16.5. The van der Waals surface area contributed by atoms with Gasteiger partial charge in [-0.05, 0) is 18.8 Å². The summed E-state index contributed by atoms with van der Waals surface area (Å²) in [7, 11) is 1.67. The van der Waals surface area contributed by atoms with E-state index in [4.69, 9.17) is 4.74 Å². The lowest BCUT2D eigenvalue weighted by Gasteiger charge is -2.35. The SMILES string of the molecule is CCCC(=O)N1CCN(C(=O)Cc2cc(C)cc(C(C)(C)C)c2OC)CC1. The maximum Gasteiger partial charge on any atom is 0.227 e. The van der Waals surface area contributed by atoms with Gasteiger partial charge in [0.15, 0.2) is 0 Å². The van der Waals surface area contributed by atoms with Gasteiger partial charge in [-0.1, -0.05) is 45.4 Å². The molecule has 1 aromatic rings. The maximum atomic E-state index is 12.9. The Labute approximate surface area is 163 Å². The molecule has 1 heterocycles. The van der Waals surface area contributed by atoms with Crippen LogP contribution in [-0.2, 0) is 21.4 Å². The number of amides is 2. The molecule has 1 aliphatic heterocycles. The Morgan fingerprint density at radius 2 is 1.59 bits per heavy atom. The molecule has 0 N–H and O–H groups in total. The Kier molecular flexibility index (Phi) is 6.90. The summed E-state index contributed by atoms with van der Waals surface area (Å²) < 4.78 is 5.70. The lowest BCUT2D eigenvalue weighted by Crippen LogP contribution is -2.50. The van der Waals surface area contributed by atoms with Crippen LogP contribution in [0.25, 0.3) is 0 Å². The van der Waals surface area contributed by atoms with Gasteiger partial charge in [0.25, 0.3) is 0 Å². The summed E-state index contributed by atoms with van der Waals surface area (Å²) in [5, 5.41) is 0. The van der Waals surface area contributed by atoms with E-state index in [2.05, 4.69) is 33.8 Å². The second-order valence-corrected chi connectivity index (χ2v) is 8.44. The van der Waals surface area contributed by atoms with E-state index in [0.717, 1.165) is 28.9 Å². The van der Waals surface area contributed by atoms with E-state index in [1.165, 1.54) is 0 Å². The van der Waals surface area contributed by atoms with Crippen LogP contribution >= 0.6 is 0 Å². The highest BCUT2D eigenvalue weighted by molar-refractivity contribution is 5.81. The largest absolute Gasteiger partial charge is 0.496 e. The van der Waals surface area contributed by atoms with Crippen LogP contribution in [0.1, 0.15) is 57.2 Å². The Morgan fingerprint density at radius 3 is 2.07 bits per heavy atom. The standard InChI is InChI=1S/C22H34N2O3/c1-7-8-19(25)23-9-11-24(12-10-23)20(26)15-17-13-16(2)14-18(21(17)27-6)22(3,4)5/h13-14H,7-12,15H2,1-6H3. The molecule has 1 saturated heterocycles. The molecule has 1 aliphatic rings. The number of carbonyl (C=O) groups excluding carboxylic acids is 2. The van der Waals surface area contributed by atoms with E-state index in [9.17, 15) is 9.59 Å². The van der Waals surface area contributed by atoms with Gasteiger partial charge in [0.05, 0.1) is 13.5 Å². The van der Waals surface area contributed by atoms with Crippen LogP contribution in [-0.4, -0.2) is 54.9 Å². The molecule has 0 atom stereocenters. The zero-order valence-electron chi connectivity index (χ0n) is 17.7. The Morgan fingerprint density at radius 1 is 1.04 bits per heavy atom. The number of rotatable bonds is 5. The van der Waals surface area contributed by atoms with Gasteiger partial charge in [0.2, 0.25) is 11.8 Å². The van der Waals surface area contributed by atoms with E-state index < -0.39 is 0 Å². The van der Waals surface area contributed by atoms with Crippen LogP contribution in [0.15, 0.2) is 12.1 Å². The number of nitrogens with zero attached hydrogens (tertiary/aromatic N) is 2. The van der Waals surface area contributed by atoms with Gasteiger partial charge >= 0.3 is 0 Å². The summed E-state index contributed by atoms with van der Waals surface area (Å²) in [4.78, 5) is 28.6. The van der Waals surface area contributed by atoms with E-state index >= 15 is 0 Å². The molecule has 0 spiro atoms. The summed E-state index contributed by atoms with van der Waals surface area (Å²) >= 11 is 0. The zero-order chi connectivity index (χ0) is 20.2. The maximum absolute atomic E-state index is 12.9. The van der Waals surface area contributed by atoms with Crippen LogP contribution in [0, 0.1) is 6.92 Å². The van der Waals surface area contributed by atoms with E-state index in [-0.39, 0.29) is 17.2 Å². The molecule has 0 aromatic heterocycles. The van der Waals surface area contributed by atoms with Crippen molar-refractivity contribution in [2.45, 2.75) is 59.3 Å². The topological polar surface area (TPSA) is 49.9 Å². The predicted molar refractivity (Wildman–Crippen MR) is 108 cm³/mol. The molecule has 5 heteroatoms. The molecule has 0 saturated carbocycles. The van der Waals surface area contributed by atoms with Crippen molar-refractivity contribution < 1.29 is 14.3 Å². The van der Waals surface area contributed by atoms with E-state index in [0.29, 0.717) is 39.0 Å². The van der Waals surface area contributed by atoms with Crippen LogP contribution < -0.4 is 4.74 Å². The predicted octanol–water partition coefficient (Wildman–Crippen LogP) is 3.31. The Hall–Kier alpha value is -2.04. The van der Waals surface area contributed by atoms with Gasteiger partial charge in [0.1, 0.15) is 5.75 Å². The fraction of sp³-hybridized carbons (Fsp3) is 0.636. The number of carbonyl (C=O) groups is 2. The minimum Gasteiger partial charge on any atom is -0.496 e. The number of hydrogen-bond donors (Lipinski definition) is 0. The number of ether oxygens (including phenoxy) is 1. The molecular weight excluding hydrogens is 340 g/mol. The van der Waals surface area contributed by atoms with Gasteiger partial charge in [-0.2, -0.15) is 0 Å². The van der Waals surface area contributed by atoms with Crippen molar-refractivity contribution in [1.29, 1.82) is 0 Å². The zero-order valence-corrected chi connectivity index (χ0v) is 17.7. The van der Waals surface area contributed by atoms with Crippen molar-refractivity contribution in [2.24, 2.45) is 0 Å². The van der Waals surface area contributed by atoms with Crippen molar-refractivity contribution in [2.75, 3.05) is 33.3 Å². The minimum atomic E-state index is -0.0551.